The Morgan fingerprint density at radius 3 is 0.615 bits per heavy atom. The molecule has 0 aliphatic rings. The molecule has 0 fully saturated rings. The minimum atomic E-state index is -0.760. The molecule has 0 aliphatic heterocycles. The van der Waals surface area contributed by atoms with Gasteiger partial charge in [0.15, 0.2) is 6.10 Å². The maximum Gasteiger partial charge on any atom is 0.306 e. The number of carbonyl (C=O) groups excluding carboxylic acids is 3. The first-order valence-corrected chi connectivity index (χ1v) is 29.5. The number of hydrogen-bond donors (Lipinski definition) is 0. The lowest BCUT2D eigenvalue weighted by Crippen LogP contribution is -2.30. The predicted molar refractivity (Wildman–Crippen MR) is 280 cm³/mol. The van der Waals surface area contributed by atoms with Gasteiger partial charge in [0.2, 0.25) is 0 Å². The first kappa shape index (κ1) is 63.4. The zero-order valence-corrected chi connectivity index (χ0v) is 44.3. The molecule has 6 nitrogen and oxygen atoms in total. The van der Waals surface area contributed by atoms with E-state index in [1.54, 1.807) is 0 Å². The summed E-state index contributed by atoms with van der Waals surface area (Å²) in [7, 11) is 0. The summed E-state index contributed by atoms with van der Waals surface area (Å²) in [6.07, 6.45) is 61.0. The Bertz CT molecular complexity index is 967. The highest BCUT2D eigenvalue weighted by Gasteiger charge is 2.19. The van der Waals surface area contributed by atoms with Crippen LogP contribution in [0.4, 0.5) is 0 Å². The largest absolute Gasteiger partial charge is 0.462 e. The molecule has 386 valence electrons. The summed E-state index contributed by atoms with van der Waals surface area (Å²) >= 11 is 0. The second-order valence-corrected chi connectivity index (χ2v) is 20.3. The predicted octanol–water partition coefficient (Wildman–Crippen LogP) is 19.5. The van der Waals surface area contributed by atoms with Gasteiger partial charge >= 0.3 is 17.9 Å². The standard InChI is InChI=1S/C59H114O6/c1-4-7-10-13-16-19-22-24-26-28-30-32-33-35-37-40-43-46-49-52-58(61)64-55-56(54-63-57(60)51-48-45-42-39-21-18-15-12-9-6-3)65-59(62)53-50-47-44-41-38-36-34-31-29-27-25-23-20-17-14-11-8-5-2/h56H,4-55H2,1-3H3/t56-/m0/s1. The zero-order chi connectivity index (χ0) is 47.2. The van der Waals surface area contributed by atoms with Crippen LogP contribution in [0, 0.1) is 0 Å². The van der Waals surface area contributed by atoms with Crippen molar-refractivity contribution >= 4 is 17.9 Å². The fraction of sp³-hybridized carbons (Fsp3) is 0.949. The minimum Gasteiger partial charge on any atom is -0.462 e. The topological polar surface area (TPSA) is 78.9 Å². The average Bonchev–Trinajstić information content (AvgIpc) is 3.30. The molecule has 0 radical (unpaired) electrons. The molecule has 65 heavy (non-hydrogen) atoms. The molecule has 0 unspecified atom stereocenters. The van der Waals surface area contributed by atoms with E-state index in [2.05, 4.69) is 20.8 Å². The van der Waals surface area contributed by atoms with E-state index in [1.807, 2.05) is 0 Å². The highest BCUT2D eigenvalue weighted by Crippen LogP contribution is 2.18. The van der Waals surface area contributed by atoms with E-state index < -0.39 is 6.10 Å². The van der Waals surface area contributed by atoms with E-state index in [0.29, 0.717) is 19.3 Å². The number of esters is 3. The average molecular weight is 920 g/mol. The van der Waals surface area contributed by atoms with Crippen LogP contribution in [0.1, 0.15) is 342 Å². The van der Waals surface area contributed by atoms with Crippen LogP contribution in [0.5, 0.6) is 0 Å². The molecular formula is C59H114O6. The van der Waals surface area contributed by atoms with Crippen LogP contribution >= 0.6 is 0 Å². The molecule has 0 spiro atoms. The minimum absolute atomic E-state index is 0.0612. The van der Waals surface area contributed by atoms with Crippen LogP contribution in [0.15, 0.2) is 0 Å². The Morgan fingerprint density at radius 1 is 0.246 bits per heavy atom. The molecule has 0 aromatic rings. The Balaban J connectivity index is 4.21. The molecule has 0 aliphatic carbocycles. The maximum atomic E-state index is 12.8. The van der Waals surface area contributed by atoms with Gasteiger partial charge < -0.3 is 14.2 Å². The fourth-order valence-corrected chi connectivity index (χ4v) is 9.15. The molecule has 6 heteroatoms. The summed E-state index contributed by atoms with van der Waals surface area (Å²) in [5.74, 6) is -0.833. The second kappa shape index (κ2) is 55.0. The summed E-state index contributed by atoms with van der Waals surface area (Å²) in [6, 6.07) is 0. The number of unbranched alkanes of at least 4 members (excludes halogenated alkanes) is 44. The van der Waals surface area contributed by atoms with Crippen LogP contribution in [0.2, 0.25) is 0 Å². The monoisotopic (exact) mass is 919 g/mol. The van der Waals surface area contributed by atoms with Crippen molar-refractivity contribution in [2.45, 2.75) is 348 Å². The normalized spacial score (nSPS) is 11.9. The summed E-state index contributed by atoms with van der Waals surface area (Å²) in [5, 5.41) is 0. The Morgan fingerprint density at radius 2 is 0.415 bits per heavy atom. The van der Waals surface area contributed by atoms with Gasteiger partial charge in [-0.15, -0.1) is 0 Å². The lowest BCUT2D eigenvalue weighted by Gasteiger charge is -2.18. The van der Waals surface area contributed by atoms with Crippen molar-refractivity contribution in [3.8, 4) is 0 Å². The zero-order valence-electron chi connectivity index (χ0n) is 44.3. The van der Waals surface area contributed by atoms with E-state index in [0.717, 1.165) is 57.8 Å². The molecule has 1 atom stereocenters. The van der Waals surface area contributed by atoms with Crippen molar-refractivity contribution in [3.63, 3.8) is 0 Å². The van der Waals surface area contributed by atoms with Gasteiger partial charge in [0.1, 0.15) is 13.2 Å². The number of hydrogen-bond acceptors (Lipinski definition) is 6. The third kappa shape index (κ3) is 53.2. The van der Waals surface area contributed by atoms with E-state index in [-0.39, 0.29) is 31.1 Å². The van der Waals surface area contributed by atoms with Crippen LogP contribution in [0.3, 0.4) is 0 Å². The van der Waals surface area contributed by atoms with Crippen LogP contribution < -0.4 is 0 Å². The lowest BCUT2D eigenvalue weighted by atomic mass is 10.0. The molecule has 0 rings (SSSR count). The first-order valence-electron chi connectivity index (χ1n) is 29.5. The van der Waals surface area contributed by atoms with Crippen molar-refractivity contribution in [1.29, 1.82) is 0 Å². The second-order valence-electron chi connectivity index (χ2n) is 20.3. The molecular weight excluding hydrogens is 805 g/mol. The van der Waals surface area contributed by atoms with Gasteiger partial charge in [-0.05, 0) is 19.3 Å². The van der Waals surface area contributed by atoms with Crippen molar-refractivity contribution < 1.29 is 28.6 Å². The van der Waals surface area contributed by atoms with Crippen molar-refractivity contribution in [3.05, 3.63) is 0 Å². The smallest absolute Gasteiger partial charge is 0.306 e. The van der Waals surface area contributed by atoms with Crippen molar-refractivity contribution in [2.75, 3.05) is 13.2 Å². The van der Waals surface area contributed by atoms with Crippen LogP contribution in [0.25, 0.3) is 0 Å². The van der Waals surface area contributed by atoms with Gasteiger partial charge in [0.25, 0.3) is 0 Å². The van der Waals surface area contributed by atoms with Gasteiger partial charge in [-0.25, -0.2) is 0 Å². The van der Waals surface area contributed by atoms with Gasteiger partial charge in [0, 0.05) is 19.3 Å². The van der Waals surface area contributed by atoms with Crippen LogP contribution in [-0.2, 0) is 28.6 Å². The highest BCUT2D eigenvalue weighted by atomic mass is 16.6. The quantitative estimate of drug-likeness (QED) is 0.0344. The number of ether oxygens (including phenoxy) is 3. The summed E-state index contributed by atoms with van der Waals surface area (Å²) in [6.45, 7) is 6.70. The van der Waals surface area contributed by atoms with E-state index >= 15 is 0 Å². The Labute approximate surface area is 406 Å². The maximum absolute atomic E-state index is 12.8. The Hall–Kier alpha value is -1.59. The number of carbonyl (C=O) groups is 3. The molecule has 0 saturated heterocycles. The van der Waals surface area contributed by atoms with Gasteiger partial charge in [-0.3, -0.25) is 14.4 Å². The summed E-state index contributed by atoms with van der Waals surface area (Å²) in [5.41, 5.74) is 0. The van der Waals surface area contributed by atoms with Crippen molar-refractivity contribution in [2.24, 2.45) is 0 Å². The van der Waals surface area contributed by atoms with Crippen molar-refractivity contribution in [1.82, 2.24) is 0 Å². The molecule has 0 heterocycles. The number of rotatable bonds is 55. The van der Waals surface area contributed by atoms with Gasteiger partial charge in [-0.2, -0.15) is 0 Å². The van der Waals surface area contributed by atoms with Gasteiger partial charge in [0.05, 0.1) is 0 Å². The summed E-state index contributed by atoms with van der Waals surface area (Å²) in [4.78, 5) is 38.1. The Kier molecular flexibility index (Phi) is 53.7. The third-order valence-electron chi connectivity index (χ3n) is 13.6. The lowest BCUT2D eigenvalue weighted by molar-refractivity contribution is -0.167. The molecule has 0 saturated carbocycles. The molecule has 0 N–H and O–H groups in total. The molecule has 0 aromatic carbocycles. The first-order chi connectivity index (χ1) is 32.0. The van der Waals surface area contributed by atoms with E-state index in [1.165, 1.54) is 244 Å². The van der Waals surface area contributed by atoms with E-state index in [4.69, 9.17) is 14.2 Å². The highest BCUT2D eigenvalue weighted by molar-refractivity contribution is 5.71. The summed E-state index contributed by atoms with van der Waals surface area (Å²) < 4.78 is 16.9. The third-order valence-corrected chi connectivity index (χ3v) is 13.6. The van der Waals surface area contributed by atoms with Gasteiger partial charge in [-0.1, -0.05) is 303 Å². The molecule has 0 amide bonds. The fourth-order valence-electron chi connectivity index (χ4n) is 9.15. The molecule has 0 bridgehead atoms. The SMILES string of the molecule is CCCCCCCCCCCCCCCCCCCCCC(=O)OC[C@H](COC(=O)CCCCCCCCCCCC)OC(=O)CCCCCCCCCCCCCCCCCCCC. The van der Waals surface area contributed by atoms with E-state index in [9.17, 15) is 14.4 Å². The van der Waals surface area contributed by atoms with Crippen LogP contribution in [-0.4, -0.2) is 37.2 Å². The molecule has 0 aromatic heterocycles.